The maximum atomic E-state index is 5.49. The zero-order valence-corrected chi connectivity index (χ0v) is 12.9. The van der Waals surface area contributed by atoms with E-state index in [2.05, 4.69) is 51.2 Å². The number of methoxy groups -OCH3 is 1. The van der Waals surface area contributed by atoms with Gasteiger partial charge in [-0.2, -0.15) is 0 Å². The Bertz CT molecular complexity index is 433. The molecule has 0 aromatic heterocycles. The number of rotatable bonds is 3. The van der Waals surface area contributed by atoms with E-state index in [1.165, 1.54) is 24.8 Å². The molecule has 2 rings (SSSR count). The van der Waals surface area contributed by atoms with E-state index in [-0.39, 0.29) is 5.41 Å². The summed E-state index contributed by atoms with van der Waals surface area (Å²) in [5, 5.41) is 3.68. The Morgan fingerprint density at radius 1 is 1.21 bits per heavy atom. The lowest BCUT2D eigenvalue weighted by Gasteiger charge is -2.23. The van der Waals surface area contributed by atoms with Crippen LogP contribution in [0.1, 0.15) is 52.5 Å². The van der Waals surface area contributed by atoms with Crippen molar-refractivity contribution in [3.05, 3.63) is 23.8 Å². The average molecular weight is 261 g/mol. The predicted octanol–water partition coefficient (Wildman–Crippen LogP) is 4.59. The Kier molecular flexibility index (Phi) is 4.07. The van der Waals surface area contributed by atoms with Gasteiger partial charge in [0.05, 0.1) is 12.8 Å². The highest BCUT2D eigenvalue weighted by Crippen LogP contribution is 2.34. The van der Waals surface area contributed by atoms with Gasteiger partial charge in [-0.25, -0.2) is 0 Å². The van der Waals surface area contributed by atoms with E-state index >= 15 is 0 Å². The Balaban J connectivity index is 2.21. The largest absolute Gasteiger partial charge is 0.495 e. The topological polar surface area (TPSA) is 21.3 Å². The lowest BCUT2D eigenvalue weighted by molar-refractivity contribution is 0.415. The second kappa shape index (κ2) is 5.44. The standard InChI is InChI=1S/C17H27NO/c1-12-6-8-14(10-12)18-15-11-13(17(2,3)4)7-9-16(15)19-5/h7,9,11-12,14,18H,6,8,10H2,1-5H3. The molecule has 1 N–H and O–H groups in total. The van der Waals surface area contributed by atoms with Crippen molar-refractivity contribution in [3.8, 4) is 5.75 Å². The summed E-state index contributed by atoms with van der Waals surface area (Å²) < 4.78 is 5.49. The Labute approximate surface area is 117 Å². The van der Waals surface area contributed by atoms with E-state index in [1.807, 2.05) is 0 Å². The number of hydrogen-bond donors (Lipinski definition) is 1. The number of ether oxygens (including phenoxy) is 1. The summed E-state index contributed by atoms with van der Waals surface area (Å²) in [5.74, 6) is 1.79. The van der Waals surface area contributed by atoms with Crippen LogP contribution in [0, 0.1) is 5.92 Å². The number of nitrogens with one attached hydrogen (secondary N) is 1. The van der Waals surface area contributed by atoms with Crippen LogP contribution in [0.4, 0.5) is 5.69 Å². The second-order valence-corrected chi connectivity index (χ2v) is 6.92. The summed E-state index contributed by atoms with van der Waals surface area (Å²) in [6, 6.07) is 7.10. The van der Waals surface area contributed by atoms with Gasteiger partial charge in [-0.3, -0.25) is 0 Å². The molecule has 0 saturated heterocycles. The summed E-state index contributed by atoms with van der Waals surface area (Å²) in [6.07, 6.45) is 3.87. The van der Waals surface area contributed by atoms with Crippen molar-refractivity contribution in [1.29, 1.82) is 0 Å². The zero-order chi connectivity index (χ0) is 14.0. The molecule has 0 bridgehead atoms. The zero-order valence-electron chi connectivity index (χ0n) is 12.9. The van der Waals surface area contributed by atoms with Crippen LogP contribution in [0.2, 0.25) is 0 Å². The second-order valence-electron chi connectivity index (χ2n) is 6.92. The first-order valence-electron chi connectivity index (χ1n) is 7.35. The third kappa shape index (κ3) is 3.43. The van der Waals surface area contributed by atoms with Crippen LogP contribution in [-0.2, 0) is 5.41 Å². The van der Waals surface area contributed by atoms with Gasteiger partial charge >= 0.3 is 0 Å². The molecule has 1 saturated carbocycles. The lowest BCUT2D eigenvalue weighted by Crippen LogP contribution is -2.17. The molecule has 1 fully saturated rings. The molecule has 19 heavy (non-hydrogen) atoms. The molecule has 2 nitrogen and oxygen atoms in total. The average Bonchev–Trinajstić information content (AvgIpc) is 2.73. The van der Waals surface area contributed by atoms with Crippen molar-refractivity contribution in [2.75, 3.05) is 12.4 Å². The molecule has 2 heteroatoms. The van der Waals surface area contributed by atoms with Crippen LogP contribution >= 0.6 is 0 Å². The number of hydrogen-bond acceptors (Lipinski definition) is 2. The fourth-order valence-electron chi connectivity index (χ4n) is 2.85. The van der Waals surface area contributed by atoms with E-state index in [0.29, 0.717) is 6.04 Å². The monoisotopic (exact) mass is 261 g/mol. The summed E-state index contributed by atoms with van der Waals surface area (Å²) in [5.41, 5.74) is 2.67. The molecular weight excluding hydrogens is 234 g/mol. The first-order valence-corrected chi connectivity index (χ1v) is 7.35. The SMILES string of the molecule is COc1ccc(C(C)(C)C)cc1NC1CCC(C)C1. The third-order valence-corrected chi connectivity index (χ3v) is 4.12. The lowest BCUT2D eigenvalue weighted by atomic mass is 9.86. The molecule has 0 spiro atoms. The van der Waals surface area contributed by atoms with Crippen LogP contribution < -0.4 is 10.1 Å². The van der Waals surface area contributed by atoms with Gasteiger partial charge in [-0.15, -0.1) is 0 Å². The van der Waals surface area contributed by atoms with Gasteiger partial charge < -0.3 is 10.1 Å². The van der Waals surface area contributed by atoms with Gasteiger partial charge in [0.25, 0.3) is 0 Å². The Morgan fingerprint density at radius 2 is 1.95 bits per heavy atom. The fourth-order valence-corrected chi connectivity index (χ4v) is 2.85. The van der Waals surface area contributed by atoms with Gasteiger partial charge in [-0.05, 0) is 48.3 Å². The van der Waals surface area contributed by atoms with Crippen LogP contribution in [0.5, 0.6) is 5.75 Å². The smallest absolute Gasteiger partial charge is 0.141 e. The van der Waals surface area contributed by atoms with Gasteiger partial charge in [0.15, 0.2) is 0 Å². The summed E-state index contributed by atoms with van der Waals surface area (Å²) in [4.78, 5) is 0. The first-order chi connectivity index (χ1) is 8.90. The molecule has 106 valence electrons. The van der Waals surface area contributed by atoms with E-state index < -0.39 is 0 Å². The highest BCUT2D eigenvalue weighted by molar-refractivity contribution is 5.59. The molecule has 2 atom stereocenters. The molecule has 0 radical (unpaired) electrons. The molecule has 1 aromatic rings. The van der Waals surface area contributed by atoms with Crippen molar-refractivity contribution in [1.82, 2.24) is 0 Å². The first kappa shape index (κ1) is 14.2. The Hall–Kier alpha value is -1.18. The van der Waals surface area contributed by atoms with Gasteiger partial charge in [-0.1, -0.05) is 33.8 Å². The number of benzene rings is 1. The van der Waals surface area contributed by atoms with Crippen molar-refractivity contribution in [2.24, 2.45) is 5.92 Å². The molecule has 2 unspecified atom stereocenters. The Morgan fingerprint density at radius 3 is 2.47 bits per heavy atom. The van der Waals surface area contributed by atoms with Gasteiger partial charge in [0.1, 0.15) is 5.75 Å². The molecule has 0 heterocycles. The maximum absolute atomic E-state index is 5.49. The molecule has 0 aliphatic heterocycles. The molecule has 0 amide bonds. The van der Waals surface area contributed by atoms with Crippen LogP contribution in [0.3, 0.4) is 0 Å². The highest BCUT2D eigenvalue weighted by atomic mass is 16.5. The van der Waals surface area contributed by atoms with Crippen molar-refractivity contribution >= 4 is 5.69 Å². The van der Waals surface area contributed by atoms with Crippen LogP contribution in [-0.4, -0.2) is 13.2 Å². The van der Waals surface area contributed by atoms with Crippen molar-refractivity contribution in [2.45, 2.75) is 58.4 Å². The van der Waals surface area contributed by atoms with Crippen LogP contribution in [0.25, 0.3) is 0 Å². The summed E-state index contributed by atoms with van der Waals surface area (Å²) in [6.45, 7) is 9.08. The van der Waals surface area contributed by atoms with Gasteiger partial charge in [0.2, 0.25) is 0 Å². The van der Waals surface area contributed by atoms with E-state index in [4.69, 9.17) is 4.74 Å². The van der Waals surface area contributed by atoms with E-state index in [1.54, 1.807) is 7.11 Å². The van der Waals surface area contributed by atoms with Crippen molar-refractivity contribution < 1.29 is 4.74 Å². The minimum Gasteiger partial charge on any atom is -0.495 e. The molecule has 1 aromatic carbocycles. The minimum atomic E-state index is 0.172. The van der Waals surface area contributed by atoms with E-state index in [0.717, 1.165) is 17.4 Å². The highest BCUT2D eigenvalue weighted by Gasteiger charge is 2.23. The van der Waals surface area contributed by atoms with E-state index in [9.17, 15) is 0 Å². The molecular formula is C17H27NO. The minimum absolute atomic E-state index is 0.172. The van der Waals surface area contributed by atoms with Crippen LogP contribution in [0.15, 0.2) is 18.2 Å². The summed E-state index contributed by atoms with van der Waals surface area (Å²) >= 11 is 0. The fraction of sp³-hybridized carbons (Fsp3) is 0.647. The predicted molar refractivity (Wildman–Crippen MR) is 82.1 cm³/mol. The third-order valence-electron chi connectivity index (χ3n) is 4.12. The quantitative estimate of drug-likeness (QED) is 0.859. The number of anilines is 1. The molecule has 1 aliphatic carbocycles. The normalized spacial score (nSPS) is 23.4. The van der Waals surface area contributed by atoms with Gasteiger partial charge in [0, 0.05) is 6.04 Å². The molecule has 1 aliphatic rings. The maximum Gasteiger partial charge on any atom is 0.141 e. The van der Waals surface area contributed by atoms with Crippen molar-refractivity contribution in [3.63, 3.8) is 0 Å². The summed E-state index contributed by atoms with van der Waals surface area (Å²) in [7, 11) is 1.74.